The highest BCUT2D eigenvalue weighted by atomic mass is 16.5. The summed E-state index contributed by atoms with van der Waals surface area (Å²) in [5.74, 6) is 0.609. The Morgan fingerprint density at radius 1 is 1.38 bits per heavy atom. The van der Waals surface area contributed by atoms with Gasteiger partial charge in [-0.15, -0.1) is 0 Å². The lowest BCUT2D eigenvalue weighted by Crippen LogP contribution is -1.96. The smallest absolute Gasteiger partial charge is 0.160 e. The van der Waals surface area contributed by atoms with Crippen molar-refractivity contribution in [2.24, 2.45) is 5.73 Å². The molecule has 0 spiro atoms. The van der Waals surface area contributed by atoms with E-state index in [0.717, 1.165) is 5.56 Å². The third-order valence-electron chi connectivity index (χ3n) is 1.48. The van der Waals surface area contributed by atoms with Crippen LogP contribution in [0.2, 0.25) is 0 Å². The van der Waals surface area contributed by atoms with Crippen LogP contribution < -0.4 is 10.5 Å². The topological polar surface area (TPSA) is 55.5 Å². The Labute approximate surface area is 79.1 Å². The van der Waals surface area contributed by atoms with Crippen LogP contribution in [0, 0.1) is 0 Å². The van der Waals surface area contributed by atoms with E-state index in [9.17, 15) is 0 Å². The Morgan fingerprint density at radius 3 is 2.46 bits per heavy atom. The number of benzene rings is 1. The van der Waals surface area contributed by atoms with E-state index in [2.05, 4.69) is 0 Å². The van der Waals surface area contributed by atoms with Gasteiger partial charge in [-0.3, -0.25) is 0 Å². The molecule has 0 unspecified atom stereocenters. The van der Waals surface area contributed by atoms with E-state index in [4.69, 9.17) is 15.6 Å². The zero-order valence-electron chi connectivity index (χ0n) is 8.37. The van der Waals surface area contributed by atoms with E-state index < -0.39 is 0 Å². The molecule has 0 radical (unpaired) electrons. The first-order valence-electron chi connectivity index (χ1n) is 4.34. The second kappa shape index (κ2) is 6.31. The summed E-state index contributed by atoms with van der Waals surface area (Å²) in [4.78, 5) is 0. The minimum atomic E-state index is 0.143. The number of rotatable bonds is 2. The van der Waals surface area contributed by atoms with Gasteiger partial charge >= 0.3 is 0 Å². The van der Waals surface area contributed by atoms with Crippen molar-refractivity contribution < 1.29 is 9.84 Å². The van der Waals surface area contributed by atoms with E-state index in [-0.39, 0.29) is 5.75 Å². The summed E-state index contributed by atoms with van der Waals surface area (Å²) in [6, 6.07) is 5.05. The standard InChI is InChI=1S/C8H11NO2.C2H6/c1-11-8-4-6(5-9)2-3-7(8)10;1-2/h2-4,10H,5,9H2,1H3;1-2H3. The Hall–Kier alpha value is -1.22. The fourth-order valence-corrected chi connectivity index (χ4v) is 0.849. The molecule has 0 amide bonds. The van der Waals surface area contributed by atoms with Crippen molar-refractivity contribution in [1.29, 1.82) is 0 Å². The van der Waals surface area contributed by atoms with Crippen molar-refractivity contribution in [2.75, 3.05) is 7.11 Å². The van der Waals surface area contributed by atoms with Gasteiger partial charge in [-0.05, 0) is 17.7 Å². The average Bonchev–Trinajstić information content (AvgIpc) is 2.22. The maximum absolute atomic E-state index is 9.16. The number of phenolic OH excluding ortho intramolecular Hbond substituents is 1. The second-order valence-electron chi connectivity index (χ2n) is 2.21. The SMILES string of the molecule is CC.COc1cc(CN)ccc1O. The molecule has 1 rings (SSSR count). The van der Waals surface area contributed by atoms with Gasteiger partial charge in [-0.1, -0.05) is 19.9 Å². The minimum absolute atomic E-state index is 0.143. The van der Waals surface area contributed by atoms with Crippen molar-refractivity contribution in [3.05, 3.63) is 23.8 Å². The predicted octanol–water partition coefficient (Wildman–Crippen LogP) is 1.89. The zero-order chi connectivity index (χ0) is 10.3. The van der Waals surface area contributed by atoms with Gasteiger partial charge in [-0.25, -0.2) is 0 Å². The van der Waals surface area contributed by atoms with Crippen molar-refractivity contribution in [1.82, 2.24) is 0 Å². The van der Waals surface area contributed by atoms with Gasteiger partial charge in [0.05, 0.1) is 7.11 Å². The van der Waals surface area contributed by atoms with Crippen LogP contribution in [0.3, 0.4) is 0 Å². The molecule has 0 atom stereocenters. The molecule has 0 saturated carbocycles. The van der Waals surface area contributed by atoms with Gasteiger partial charge < -0.3 is 15.6 Å². The van der Waals surface area contributed by atoms with E-state index >= 15 is 0 Å². The Bertz CT molecular complexity index is 249. The first kappa shape index (κ1) is 11.8. The number of phenols is 1. The summed E-state index contributed by atoms with van der Waals surface area (Å²) < 4.78 is 4.88. The quantitative estimate of drug-likeness (QED) is 0.736. The lowest BCUT2D eigenvalue weighted by atomic mass is 10.2. The lowest BCUT2D eigenvalue weighted by molar-refractivity contribution is 0.373. The maximum atomic E-state index is 9.16. The highest BCUT2D eigenvalue weighted by Gasteiger charge is 1.99. The van der Waals surface area contributed by atoms with Crippen molar-refractivity contribution in [3.63, 3.8) is 0 Å². The monoisotopic (exact) mass is 183 g/mol. The second-order valence-corrected chi connectivity index (χ2v) is 2.21. The number of nitrogens with two attached hydrogens (primary N) is 1. The zero-order valence-corrected chi connectivity index (χ0v) is 8.37. The van der Waals surface area contributed by atoms with Crippen LogP contribution in [0.15, 0.2) is 18.2 Å². The van der Waals surface area contributed by atoms with Crippen molar-refractivity contribution in [3.8, 4) is 11.5 Å². The molecule has 3 heteroatoms. The summed E-state index contributed by atoms with van der Waals surface area (Å²) in [7, 11) is 1.51. The van der Waals surface area contributed by atoms with E-state index in [1.807, 2.05) is 13.8 Å². The van der Waals surface area contributed by atoms with E-state index in [1.54, 1.807) is 18.2 Å². The summed E-state index contributed by atoms with van der Waals surface area (Å²) in [6.45, 7) is 4.46. The Balaban J connectivity index is 0.000000671. The minimum Gasteiger partial charge on any atom is -0.504 e. The predicted molar refractivity (Wildman–Crippen MR) is 53.9 cm³/mol. The number of methoxy groups -OCH3 is 1. The molecule has 3 N–H and O–H groups in total. The largest absolute Gasteiger partial charge is 0.504 e. The average molecular weight is 183 g/mol. The molecule has 1 aromatic rings. The Morgan fingerprint density at radius 2 is 2.00 bits per heavy atom. The lowest BCUT2D eigenvalue weighted by Gasteiger charge is -2.03. The summed E-state index contributed by atoms with van der Waals surface area (Å²) in [5, 5.41) is 9.16. The van der Waals surface area contributed by atoms with Crippen molar-refractivity contribution in [2.45, 2.75) is 20.4 Å². The molecule has 74 valence electrons. The van der Waals surface area contributed by atoms with Crippen LogP contribution in [-0.2, 0) is 6.54 Å². The number of ether oxygens (including phenoxy) is 1. The number of hydrogen-bond donors (Lipinski definition) is 2. The molecule has 0 aliphatic carbocycles. The number of aromatic hydroxyl groups is 1. The molecular weight excluding hydrogens is 166 g/mol. The van der Waals surface area contributed by atoms with E-state index in [0.29, 0.717) is 12.3 Å². The summed E-state index contributed by atoms with van der Waals surface area (Å²) >= 11 is 0. The molecule has 3 nitrogen and oxygen atoms in total. The van der Waals surface area contributed by atoms with Gasteiger partial charge in [0.1, 0.15) is 0 Å². The van der Waals surface area contributed by atoms with Crippen LogP contribution in [0.4, 0.5) is 0 Å². The van der Waals surface area contributed by atoms with E-state index in [1.165, 1.54) is 7.11 Å². The van der Waals surface area contributed by atoms with Crippen molar-refractivity contribution >= 4 is 0 Å². The third kappa shape index (κ3) is 3.34. The fourth-order valence-electron chi connectivity index (χ4n) is 0.849. The molecule has 0 heterocycles. The molecule has 0 fully saturated rings. The first-order valence-corrected chi connectivity index (χ1v) is 4.34. The third-order valence-corrected chi connectivity index (χ3v) is 1.48. The highest BCUT2D eigenvalue weighted by Crippen LogP contribution is 2.25. The fraction of sp³-hybridized carbons (Fsp3) is 0.400. The molecular formula is C10H17NO2. The highest BCUT2D eigenvalue weighted by molar-refractivity contribution is 5.41. The Kier molecular flexibility index (Phi) is 5.72. The number of hydrogen-bond acceptors (Lipinski definition) is 3. The molecule has 0 aromatic heterocycles. The van der Waals surface area contributed by atoms with Gasteiger partial charge in [-0.2, -0.15) is 0 Å². The molecule has 13 heavy (non-hydrogen) atoms. The summed E-state index contributed by atoms with van der Waals surface area (Å²) in [6.07, 6.45) is 0. The van der Waals surface area contributed by atoms with Gasteiger partial charge in [0, 0.05) is 6.54 Å². The van der Waals surface area contributed by atoms with Gasteiger partial charge in [0.15, 0.2) is 11.5 Å². The van der Waals surface area contributed by atoms with Gasteiger partial charge in [0.25, 0.3) is 0 Å². The molecule has 0 bridgehead atoms. The molecule has 1 aromatic carbocycles. The molecule has 0 aliphatic rings. The summed E-state index contributed by atoms with van der Waals surface area (Å²) in [5.41, 5.74) is 6.33. The normalized spacial score (nSPS) is 8.62. The van der Waals surface area contributed by atoms with Crippen LogP contribution in [-0.4, -0.2) is 12.2 Å². The molecule has 0 saturated heterocycles. The maximum Gasteiger partial charge on any atom is 0.160 e. The van der Waals surface area contributed by atoms with Gasteiger partial charge in [0.2, 0.25) is 0 Å². The van der Waals surface area contributed by atoms with Crippen LogP contribution in [0.25, 0.3) is 0 Å². The molecule has 0 aliphatic heterocycles. The van der Waals surface area contributed by atoms with Crippen LogP contribution in [0.1, 0.15) is 19.4 Å². The van der Waals surface area contributed by atoms with Crippen LogP contribution in [0.5, 0.6) is 11.5 Å². The first-order chi connectivity index (χ1) is 6.27. The van der Waals surface area contributed by atoms with Crippen LogP contribution >= 0.6 is 0 Å².